The number of ether oxygens (including phenoxy) is 2. The maximum absolute atomic E-state index is 11.9. The largest absolute Gasteiger partial charge is 0.457 e. The van der Waals surface area contributed by atoms with E-state index in [0.717, 1.165) is 11.1 Å². The lowest BCUT2D eigenvalue weighted by Gasteiger charge is -2.24. The second-order valence-corrected chi connectivity index (χ2v) is 6.17. The van der Waals surface area contributed by atoms with Crippen LogP contribution in [0.4, 0.5) is 0 Å². The van der Waals surface area contributed by atoms with Gasteiger partial charge in [0.1, 0.15) is 12.2 Å². The second kappa shape index (κ2) is 14.3. The van der Waals surface area contributed by atoms with Crippen molar-refractivity contribution in [1.82, 2.24) is 0 Å². The minimum atomic E-state index is -0.469. The fourth-order valence-corrected chi connectivity index (χ4v) is 2.52. The van der Waals surface area contributed by atoms with Crippen LogP contribution in [0.1, 0.15) is 56.4 Å². The zero-order valence-electron chi connectivity index (χ0n) is 17.0. The molecule has 0 fully saturated rings. The van der Waals surface area contributed by atoms with E-state index in [1.54, 1.807) is 13.8 Å². The molecule has 0 aliphatic carbocycles. The summed E-state index contributed by atoms with van der Waals surface area (Å²) in [7, 11) is 0. The smallest absolute Gasteiger partial charge is 0.306 e. The Morgan fingerprint density at radius 3 is 1.34 bits per heavy atom. The van der Waals surface area contributed by atoms with E-state index < -0.39 is 12.2 Å². The Morgan fingerprint density at radius 1 is 0.724 bits per heavy atom. The molecule has 158 valence electrons. The highest BCUT2D eigenvalue weighted by atomic mass is 16.6. The molecule has 2 rings (SSSR count). The Balaban J connectivity index is 0.000000960. The number of carbonyl (C=O) groups is 2. The Kier molecular flexibility index (Phi) is 12.0. The van der Waals surface area contributed by atoms with Crippen molar-refractivity contribution in [3.63, 3.8) is 0 Å². The number of carbonyl (C=O) groups excluding carboxylic acids is 2. The number of aliphatic hydroxyl groups excluding tert-OH is 2. The van der Waals surface area contributed by atoms with E-state index in [0.29, 0.717) is 19.3 Å². The molecule has 0 amide bonds. The predicted octanol–water partition coefficient (Wildman–Crippen LogP) is 3.74. The van der Waals surface area contributed by atoms with E-state index in [1.165, 1.54) is 0 Å². The van der Waals surface area contributed by atoms with Gasteiger partial charge >= 0.3 is 11.9 Å². The molecule has 2 atom stereocenters. The van der Waals surface area contributed by atoms with Gasteiger partial charge in [-0.2, -0.15) is 0 Å². The molecular weight excluding hydrogens is 372 g/mol. The lowest BCUT2D eigenvalue weighted by molar-refractivity contribution is -0.156. The molecule has 2 N–H and O–H groups in total. The summed E-state index contributed by atoms with van der Waals surface area (Å²) >= 11 is 0. The van der Waals surface area contributed by atoms with E-state index in [-0.39, 0.29) is 25.2 Å². The van der Waals surface area contributed by atoms with Crippen LogP contribution in [0.2, 0.25) is 0 Å². The van der Waals surface area contributed by atoms with Gasteiger partial charge < -0.3 is 19.7 Å². The van der Waals surface area contributed by atoms with Gasteiger partial charge in [-0.15, -0.1) is 0 Å². The Labute approximate surface area is 172 Å². The van der Waals surface area contributed by atoms with Gasteiger partial charge in [-0.25, -0.2) is 0 Å². The molecule has 0 aliphatic heterocycles. The molecule has 2 aromatic rings. The molecule has 2 aromatic carbocycles. The summed E-state index contributed by atoms with van der Waals surface area (Å²) < 4.78 is 11.2. The first-order valence-corrected chi connectivity index (χ1v) is 9.76. The summed E-state index contributed by atoms with van der Waals surface area (Å²) in [6.45, 7) is 3.27. The average molecular weight is 402 g/mol. The van der Waals surface area contributed by atoms with E-state index in [4.69, 9.17) is 19.7 Å². The van der Waals surface area contributed by atoms with Crippen LogP contribution in [-0.2, 0) is 19.1 Å². The summed E-state index contributed by atoms with van der Waals surface area (Å²) in [4.78, 5) is 23.7. The van der Waals surface area contributed by atoms with E-state index in [1.807, 2.05) is 60.7 Å². The standard InChI is InChI=1S/C21H24O4.C2H6O2/c1-3-20(22)24-18(16-11-7-5-8-12-16)15-19(25-21(23)4-2)17-13-9-6-10-14-17;3-1-2-4/h5-14,18-19H,3-4,15H2,1-2H3;3-4H,1-2H2. The third kappa shape index (κ3) is 9.36. The number of benzene rings is 2. The Hall–Kier alpha value is -2.70. The van der Waals surface area contributed by atoms with Gasteiger partial charge in [-0.3, -0.25) is 9.59 Å². The number of hydrogen-bond donors (Lipinski definition) is 2. The quantitative estimate of drug-likeness (QED) is 0.621. The Bertz CT molecular complexity index is 640. The van der Waals surface area contributed by atoms with Crippen molar-refractivity contribution in [3.05, 3.63) is 71.8 Å². The topological polar surface area (TPSA) is 93.1 Å². The van der Waals surface area contributed by atoms with Gasteiger partial charge in [-0.1, -0.05) is 74.5 Å². The highest BCUT2D eigenvalue weighted by Crippen LogP contribution is 2.32. The van der Waals surface area contributed by atoms with Crippen molar-refractivity contribution in [2.45, 2.75) is 45.3 Å². The van der Waals surface area contributed by atoms with Crippen LogP contribution in [0, 0.1) is 0 Å². The summed E-state index contributed by atoms with van der Waals surface area (Å²) in [6.07, 6.45) is 0.0419. The van der Waals surface area contributed by atoms with Crippen molar-refractivity contribution in [2.24, 2.45) is 0 Å². The van der Waals surface area contributed by atoms with Crippen LogP contribution >= 0.6 is 0 Å². The highest BCUT2D eigenvalue weighted by molar-refractivity contribution is 5.70. The summed E-state index contributed by atoms with van der Waals surface area (Å²) in [5.74, 6) is -0.551. The lowest BCUT2D eigenvalue weighted by Crippen LogP contribution is -2.18. The number of rotatable bonds is 9. The molecule has 0 radical (unpaired) electrons. The van der Waals surface area contributed by atoms with Crippen LogP contribution in [-0.4, -0.2) is 35.4 Å². The Morgan fingerprint density at radius 2 is 1.07 bits per heavy atom. The molecule has 0 aromatic heterocycles. The van der Waals surface area contributed by atoms with Crippen LogP contribution in [0.3, 0.4) is 0 Å². The van der Waals surface area contributed by atoms with Crippen LogP contribution in [0.25, 0.3) is 0 Å². The van der Waals surface area contributed by atoms with Crippen molar-refractivity contribution >= 4 is 11.9 Å². The third-order valence-electron chi connectivity index (χ3n) is 4.00. The molecular formula is C23H30O6. The summed E-state index contributed by atoms with van der Waals surface area (Å²) in [5, 5.41) is 15.2. The highest BCUT2D eigenvalue weighted by Gasteiger charge is 2.25. The monoisotopic (exact) mass is 402 g/mol. The number of hydrogen-bond acceptors (Lipinski definition) is 6. The zero-order valence-corrected chi connectivity index (χ0v) is 17.0. The maximum atomic E-state index is 11.9. The van der Waals surface area contributed by atoms with Crippen LogP contribution in [0.5, 0.6) is 0 Å². The first-order valence-electron chi connectivity index (χ1n) is 9.76. The van der Waals surface area contributed by atoms with Crippen LogP contribution in [0.15, 0.2) is 60.7 Å². The maximum Gasteiger partial charge on any atom is 0.306 e. The first kappa shape index (κ1) is 24.3. The molecule has 0 spiro atoms. The number of esters is 2. The van der Waals surface area contributed by atoms with Gasteiger partial charge in [0.05, 0.1) is 13.2 Å². The van der Waals surface area contributed by atoms with Crippen molar-refractivity contribution in [3.8, 4) is 0 Å². The molecule has 0 heterocycles. The summed E-state index contributed by atoms with van der Waals surface area (Å²) in [5.41, 5.74) is 1.77. The van der Waals surface area contributed by atoms with Crippen LogP contribution < -0.4 is 0 Å². The molecule has 0 bridgehead atoms. The van der Waals surface area contributed by atoms with Gasteiger partial charge in [0.25, 0.3) is 0 Å². The number of aliphatic hydroxyl groups is 2. The predicted molar refractivity (Wildman–Crippen MR) is 110 cm³/mol. The molecule has 29 heavy (non-hydrogen) atoms. The lowest BCUT2D eigenvalue weighted by atomic mass is 9.98. The molecule has 0 saturated heterocycles. The summed E-state index contributed by atoms with van der Waals surface area (Å²) in [6, 6.07) is 19.1. The van der Waals surface area contributed by atoms with Crippen molar-refractivity contribution < 1.29 is 29.3 Å². The van der Waals surface area contributed by atoms with E-state index >= 15 is 0 Å². The third-order valence-corrected chi connectivity index (χ3v) is 4.00. The minimum Gasteiger partial charge on any atom is -0.457 e. The van der Waals surface area contributed by atoms with Gasteiger partial charge in [0.15, 0.2) is 0 Å². The van der Waals surface area contributed by atoms with E-state index in [9.17, 15) is 9.59 Å². The molecule has 0 saturated carbocycles. The van der Waals surface area contributed by atoms with Gasteiger partial charge in [0.2, 0.25) is 0 Å². The fraction of sp³-hybridized carbons (Fsp3) is 0.391. The fourth-order valence-electron chi connectivity index (χ4n) is 2.52. The normalized spacial score (nSPS) is 12.1. The first-order chi connectivity index (χ1) is 14.0. The minimum absolute atomic E-state index is 0.125. The molecule has 6 nitrogen and oxygen atoms in total. The van der Waals surface area contributed by atoms with E-state index in [2.05, 4.69) is 0 Å². The average Bonchev–Trinajstić information content (AvgIpc) is 2.79. The molecule has 6 heteroatoms. The van der Waals surface area contributed by atoms with Crippen molar-refractivity contribution in [1.29, 1.82) is 0 Å². The van der Waals surface area contributed by atoms with Gasteiger partial charge in [-0.05, 0) is 11.1 Å². The zero-order chi connectivity index (χ0) is 21.5. The van der Waals surface area contributed by atoms with Gasteiger partial charge in [0, 0.05) is 19.3 Å². The SMILES string of the molecule is CCC(=O)OC(CC(OC(=O)CC)c1ccccc1)c1ccccc1.OCCO. The molecule has 0 aliphatic rings. The molecule has 2 unspecified atom stereocenters. The van der Waals surface area contributed by atoms with Crippen molar-refractivity contribution in [2.75, 3.05) is 13.2 Å². The second-order valence-electron chi connectivity index (χ2n) is 6.17.